The number of azide groups is 2. The van der Waals surface area contributed by atoms with Crippen LogP contribution in [0.2, 0.25) is 0 Å². The summed E-state index contributed by atoms with van der Waals surface area (Å²) >= 11 is 0. The zero-order chi connectivity index (χ0) is 42.8. The van der Waals surface area contributed by atoms with Gasteiger partial charge in [0.1, 0.15) is 36.6 Å². The van der Waals surface area contributed by atoms with Crippen LogP contribution in [0.1, 0.15) is 22.3 Å². The second-order valence-electron chi connectivity index (χ2n) is 15.2. The predicted molar refractivity (Wildman–Crippen MR) is 219 cm³/mol. The monoisotopic (exact) mass is 846 g/mol. The van der Waals surface area contributed by atoms with E-state index in [1.54, 1.807) is 0 Å². The van der Waals surface area contributed by atoms with E-state index in [1.165, 1.54) is 0 Å². The van der Waals surface area contributed by atoms with Gasteiger partial charge in [-0.25, -0.2) is 0 Å². The van der Waals surface area contributed by atoms with Gasteiger partial charge in [0.2, 0.25) is 11.6 Å². The summed E-state index contributed by atoms with van der Waals surface area (Å²) in [5, 5.41) is 13.2. The van der Waals surface area contributed by atoms with Crippen LogP contribution in [0.3, 0.4) is 0 Å². The molecule has 4 aromatic carbocycles. The highest BCUT2D eigenvalue weighted by atomic mass is 16.8. The van der Waals surface area contributed by atoms with Gasteiger partial charge in [-0.15, -0.1) is 0 Å². The van der Waals surface area contributed by atoms with Crippen LogP contribution in [0.15, 0.2) is 132 Å². The molecule has 0 aliphatic carbocycles. The third-order valence-corrected chi connectivity index (χ3v) is 11.1. The van der Waals surface area contributed by atoms with Gasteiger partial charge in [-0.2, -0.15) is 0 Å². The third kappa shape index (κ3) is 9.45. The number of hydrogen-bond acceptors (Lipinski definition) is 12. The Morgan fingerprint density at radius 3 is 1.16 bits per heavy atom. The molecule has 10 atom stereocenters. The van der Waals surface area contributed by atoms with Crippen LogP contribution in [0.5, 0.6) is 0 Å². The van der Waals surface area contributed by atoms with Crippen LogP contribution in [-0.4, -0.2) is 98.4 Å². The zero-order valence-electron chi connectivity index (χ0n) is 33.6. The van der Waals surface area contributed by atoms with Gasteiger partial charge in [0.25, 0.3) is 11.8 Å². The average Bonchev–Trinajstić information content (AvgIpc) is 4.06. The summed E-state index contributed by atoms with van der Waals surface area (Å²) in [5.41, 5.74) is 22.1. The highest BCUT2D eigenvalue weighted by molar-refractivity contribution is 5.83. The van der Waals surface area contributed by atoms with Gasteiger partial charge in [0, 0.05) is 22.9 Å². The Morgan fingerprint density at radius 2 is 0.839 bits per heavy atom. The molecular formula is C44H46N8O10. The number of hydrogen-bond donors (Lipinski definition) is 2. The maximum absolute atomic E-state index is 13.8. The normalized spacial score (nSPS) is 29.1. The van der Waals surface area contributed by atoms with Gasteiger partial charge >= 0.3 is 0 Å². The van der Waals surface area contributed by atoms with Crippen LogP contribution in [0, 0.1) is 0 Å². The van der Waals surface area contributed by atoms with Gasteiger partial charge in [0.05, 0.1) is 39.5 Å². The number of fused-ring (bicyclic) bond motifs is 4. The molecule has 0 radical (unpaired) electrons. The maximum Gasteiger partial charge on any atom is 0.252 e. The minimum Gasteiger partial charge on any atom is -0.368 e. The number of carbonyl (C=O) groups excluding carboxylic acids is 2. The number of nitrogens with zero attached hydrogens (tertiary/aromatic N) is 6. The van der Waals surface area contributed by atoms with E-state index >= 15 is 0 Å². The zero-order valence-corrected chi connectivity index (χ0v) is 33.6. The lowest BCUT2D eigenvalue weighted by Crippen LogP contribution is -2.59. The molecule has 4 saturated heterocycles. The largest absolute Gasteiger partial charge is 0.368 e. The molecule has 4 fully saturated rings. The molecule has 8 rings (SSSR count). The predicted octanol–water partition coefficient (Wildman–Crippen LogP) is 5.17. The molecule has 2 N–H and O–H groups in total. The van der Waals surface area contributed by atoms with Gasteiger partial charge in [-0.3, -0.25) is 9.59 Å². The van der Waals surface area contributed by atoms with Crippen LogP contribution in [0.4, 0.5) is 0 Å². The first-order chi connectivity index (χ1) is 30.4. The van der Waals surface area contributed by atoms with Crippen molar-refractivity contribution in [3.05, 3.63) is 164 Å². The summed E-state index contributed by atoms with van der Waals surface area (Å²) < 4.78 is 50.7. The van der Waals surface area contributed by atoms with E-state index in [2.05, 4.69) is 30.7 Å². The molecule has 2 amide bonds. The van der Waals surface area contributed by atoms with E-state index in [9.17, 15) is 20.7 Å². The Morgan fingerprint density at radius 1 is 0.516 bits per heavy atom. The molecule has 4 bridgehead atoms. The van der Waals surface area contributed by atoms with Crippen molar-refractivity contribution in [1.29, 1.82) is 0 Å². The van der Waals surface area contributed by atoms with Crippen LogP contribution in [0.25, 0.3) is 20.9 Å². The second-order valence-corrected chi connectivity index (χ2v) is 15.2. The first kappa shape index (κ1) is 42.8. The fourth-order valence-electron chi connectivity index (χ4n) is 8.23. The number of rotatable bonds is 21. The Kier molecular flexibility index (Phi) is 13.7. The number of ether oxygens (including phenoxy) is 8. The molecule has 0 unspecified atom stereocenters. The molecular weight excluding hydrogens is 801 g/mol. The molecule has 322 valence electrons. The second kappa shape index (κ2) is 19.9. The van der Waals surface area contributed by atoms with Crippen molar-refractivity contribution >= 4 is 11.8 Å². The van der Waals surface area contributed by atoms with Crippen molar-refractivity contribution in [2.45, 2.75) is 86.8 Å². The Labute approximate surface area is 356 Å². The molecule has 0 saturated carbocycles. The summed E-state index contributed by atoms with van der Waals surface area (Å²) in [4.78, 5) is 33.4. The highest BCUT2D eigenvalue weighted by Crippen LogP contribution is 2.48. The minimum absolute atomic E-state index is 0.00281. The summed E-state index contributed by atoms with van der Waals surface area (Å²) in [6.45, 7) is 0.237. The van der Waals surface area contributed by atoms with Crippen molar-refractivity contribution < 1.29 is 47.5 Å². The molecule has 4 aromatic rings. The lowest BCUT2D eigenvalue weighted by molar-refractivity contribution is -0.235. The van der Waals surface area contributed by atoms with Crippen molar-refractivity contribution in [1.82, 2.24) is 10.6 Å². The van der Waals surface area contributed by atoms with E-state index in [1.807, 2.05) is 121 Å². The summed E-state index contributed by atoms with van der Waals surface area (Å²) in [7, 11) is 0. The lowest BCUT2D eigenvalue weighted by atomic mass is 9.96. The third-order valence-electron chi connectivity index (χ3n) is 11.1. The van der Waals surface area contributed by atoms with E-state index in [4.69, 9.17) is 37.9 Å². The number of carbonyl (C=O) groups is 2. The molecule has 0 spiro atoms. The number of benzene rings is 4. The molecule has 18 nitrogen and oxygen atoms in total. The van der Waals surface area contributed by atoms with Crippen LogP contribution >= 0.6 is 0 Å². The topological polar surface area (TPSA) is 230 Å². The Balaban J connectivity index is 0.918. The number of nitrogens with one attached hydrogen (secondary N) is 2. The lowest BCUT2D eigenvalue weighted by Gasteiger charge is -2.37. The average molecular weight is 847 g/mol. The molecule has 4 aliphatic heterocycles. The quantitative estimate of drug-likeness (QED) is 0.0484. The summed E-state index contributed by atoms with van der Waals surface area (Å²) in [6.07, 6.45) is -7.39. The smallest absolute Gasteiger partial charge is 0.252 e. The molecule has 4 aliphatic rings. The van der Waals surface area contributed by atoms with E-state index in [0.29, 0.717) is 0 Å². The Bertz CT molecular complexity index is 2060. The van der Waals surface area contributed by atoms with Gasteiger partial charge < -0.3 is 48.5 Å². The fourth-order valence-corrected chi connectivity index (χ4v) is 8.23. The first-order valence-corrected chi connectivity index (χ1v) is 20.3. The van der Waals surface area contributed by atoms with Crippen LogP contribution < -0.4 is 10.6 Å². The SMILES string of the molecule is [N-]=[N+]=NC[C@]12O[C@H]([C@H](OCc3ccccc3)[C@H]1OCc1ccccc1)[C@@H](C(=O)NCCNC(=O)[C@H]1O[C@@]3(CN=[N+]=[N-])O[C@@H]1[C@H](OCc1ccccc1)[C@H]3OCc1ccccc1)O2. The molecule has 4 heterocycles. The van der Waals surface area contributed by atoms with E-state index in [0.717, 1.165) is 22.3 Å². The van der Waals surface area contributed by atoms with Gasteiger partial charge in [-0.1, -0.05) is 132 Å². The van der Waals surface area contributed by atoms with Crippen molar-refractivity contribution in [3.8, 4) is 0 Å². The summed E-state index contributed by atoms with van der Waals surface area (Å²) in [6, 6.07) is 38.1. The standard InChI is InChI=1S/C44H46N8O10/c45-51-49-27-43-39(57-25-31-17-9-3-10-18-31)35(55-23-29-13-5-1-6-14-29)33(59-43)37(61-43)41(53)47-21-22-48-42(54)38-34-36(56-24-30-15-7-2-8-16-30)40(44(60-34,62-38)28-50-52-46)58-26-32-19-11-4-12-20-32/h1-20,33-40H,21-28H2,(H,47,53)(H,48,54)/t33-,34-,35+,36+,37+,38+,39-,40-,43-,44-/m1/s1. The van der Waals surface area contributed by atoms with Gasteiger partial charge in [0.15, 0.2) is 12.2 Å². The summed E-state index contributed by atoms with van der Waals surface area (Å²) in [5.74, 6) is -4.25. The minimum atomic E-state index is -1.60. The molecule has 0 aromatic heterocycles. The van der Waals surface area contributed by atoms with Crippen molar-refractivity contribution in [2.24, 2.45) is 10.2 Å². The Hall–Kier alpha value is -5.88. The van der Waals surface area contributed by atoms with Crippen molar-refractivity contribution in [2.75, 3.05) is 26.2 Å². The molecule has 18 heteroatoms. The highest BCUT2D eigenvalue weighted by Gasteiger charge is 2.69. The van der Waals surface area contributed by atoms with Crippen molar-refractivity contribution in [3.63, 3.8) is 0 Å². The molecule has 62 heavy (non-hydrogen) atoms. The van der Waals surface area contributed by atoms with Gasteiger partial charge in [-0.05, 0) is 33.3 Å². The maximum atomic E-state index is 13.8. The van der Waals surface area contributed by atoms with Crippen LogP contribution in [-0.2, 0) is 73.9 Å². The fraction of sp³-hybridized carbons (Fsp3) is 0.409. The van der Waals surface area contributed by atoms with E-state index in [-0.39, 0.29) is 52.6 Å². The van der Waals surface area contributed by atoms with E-state index < -0.39 is 72.2 Å². The first-order valence-electron chi connectivity index (χ1n) is 20.3. The number of amides is 2.